The van der Waals surface area contributed by atoms with E-state index in [1.54, 1.807) is 13.8 Å². The van der Waals surface area contributed by atoms with Crippen LogP contribution in [0.1, 0.15) is 71.0 Å². The van der Waals surface area contributed by atoms with Crippen LogP contribution >= 0.6 is 11.3 Å². The van der Waals surface area contributed by atoms with E-state index in [4.69, 9.17) is 9.47 Å². The minimum Gasteiger partial charge on any atom is -0.465 e. The Morgan fingerprint density at radius 1 is 1.07 bits per heavy atom. The summed E-state index contributed by atoms with van der Waals surface area (Å²) in [5.74, 6) is 0.913. The summed E-state index contributed by atoms with van der Waals surface area (Å²) in [6.07, 6.45) is 6.58. The van der Waals surface area contributed by atoms with Gasteiger partial charge < -0.3 is 14.8 Å². The van der Waals surface area contributed by atoms with Crippen molar-refractivity contribution in [2.75, 3.05) is 19.0 Å². The largest absolute Gasteiger partial charge is 0.465 e. The second-order valence-electron chi connectivity index (χ2n) is 8.62. The van der Waals surface area contributed by atoms with Crippen molar-refractivity contribution in [2.45, 2.75) is 52.4 Å². The van der Waals surface area contributed by atoms with Gasteiger partial charge in [0.05, 0.1) is 24.7 Å². The monoisotopic (exact) mass is 405 g/mol. The number of rotatable bonds is 5. The molecule has 0 radical (unpaired) electrons. The molecule has 0 aliphatic heterocycles. The molecule has 0 atom stereocenters. The normalized spacial score (nSPS) is 30.2. The summed E-state index contributed by atoms with van der Waals surface area (Å²) in [4.78, 5) is 38.3. The molecule has 0 aromatic carbocycles. The maximum Gasteiger partial charge on any atom is 0.348 e. The van der Waals surface area contributed by atoms with E-state index in [1.807, 2.05) is 0 Å². The first kappa shape index (κ1) is 19.4. The van der Waals surface area contributed by atoms with Gasteiger partial charge in [0, 0.05) is 0 Å². The number of ether oxygens (including phenoxy) is 2. The predicted molar refractivity (Wildman–Crippen MR) is 106 cm³/mol. The fourth-order valence-electron chi connectivity index (χ4n) is 5.97. The Morgan fingerprint density at radius 2 is 1.64 bits per heavy atom. The van der Waals surface area contributed by atoms with Crippen LogP contribution in [0.4, 0.5) is 5.00 Å². The van der Waals surface area contributed by atoms with Crippen LogP contribution in [-0.2, 0) is 14.3 Å². The smallest absolute Gasteiger partial charge is 0.348 e. The maximum atomic E-state index is 13.4. The lowest BCUT2D eigenvalue weighted by Gasteiger charge is -2.55. The number of nitrogens with one attached hydrogen (secondary N) is 1. The van der Waals surface area contributed by atoms with Gasteiger partial charge in [0.1, 0.15) is 9.88 Å². The molecular formula is C21H27NO5S. The molecule has 0 unspecified atom stereocenters. The summed E-state index contributed by atoms with van der Waals surface area (Å²) < 4.78 is 10.0. The molecule has 1 aromatic rings. The van der Waals surface area contributed by atoms with Crippen LogP contribution in [0.2, 0.25) is 0 Å². The van der Waals surface area contributed by atoms with Gasteiger partial charge >= 0.3 is 11.9 Å². The molecule has 0 spiro atoms. The van der Waals surface area contributed by atoms with Crippen LogP contribution in [0.15, 0.2) is 0 Å². The van der Waals surface area contributed by atoms with Crippen molar-refractivity contribution in [1.82, 2.24) is 0 Å². The Bertz CT molecular complexity index is 792. The van der Waals surface area contributed by atoms with Crippen LogP contribution in [0, 0.1) is 30.1 Å². The van der Waals surface area contributed by atoms with Crippen molar-refractivity contribution < 1.29 is 23.9 Å². The number of methoxy groups -OCH3 is 1. The third-order valence-corrected chi connectivity index (χ3v) is 7.93. The van der Waals surface area contributed by atoms with Crippen LogP contribution in [-0.4, -0.2) is 31.6 Å². The van der Waals surface area contributed by atoms with Crippen molar-refractivity contribution >= 4 is 34.2 Å². The van der Waals surface area contributed by atoms with E-state index >= 15 is 0 Å². The van der Waals surface area contributed by atoms with Crippen molar-refractivity contribution in [3.63, 3.8) is 0 Å². The second kappa shape index (κ2) is 7.17. The Balaban J connectivity index is 1.63. The van der Waals surface area contributed by atoms with Crippen LogP contribution < -0.4 is 5.32 Å². The highest BCUT2D eigenvalue weighted by Gasteiger charge is 2.54. The Hall–Kier alpha value is -1.89. The number of anilines is 1. The molecule has 28 heavy (non-hydrogen) atoms. The van der Waals surface area contributed by atoms with E-state index in [1.165, 1.54) is 26.4 Å². The molecule has 4 fully saturated rings. The minimum atomic E-state index is -0.551. The molecule has 6 nitrogen and oxygen atoms in total. The van der Waals surface area contributed by atoms with Gasteiger partial charge in [-0.15, -0.1) is 11.3 Å². The molecule has 7 heteroatoms. The summed E-state index contributed by atoms with van der Waals surface area (Å²) >= 11 is 1.10. The molecule has 1 heterocycles. The minimum absolute atomic E-state index is 0.00610. The average Bonchev–Trinajstić information content (AvgIpc) is 2.96. The van der Waals surface area contributed by atoms with E-state index in [0.29, 0.717) is 33.2 Å². The van der Waals surface area contributed by atoms with E-state index in [-0.39, 0.29) is 23.5 Å². The highest BCUT2D eigenvalue weighted by molar-refractivity contribution is 7.18. The standard InChI is InChI=1S/C21H27NO5S/c1-4-27-19(24)16-11(2)15(18(23)26-3)17(28-16)22-20(25)21-8-12-5-13(9-21)7-14(6-12)10-21/h12-14H,4-10H2,1-3H3,(H,22,25). The van der Waals surface area contributed by atoms with E-state index in [9.17, 15) is 14.4 Å². The summed E-state index contributed by atoms with van der Waals surface area (Å²) in [6, 6.07) is 0. The maximum absolute atomic E-state index is 13.4. The van der Waals surface area contributed by atoms with Gasteiger partial charge in [-0.3, -0.25) is 4.79 Å². The van der Waals surface area contributed by atoms with E-state index in [2.05, 4.69) is 5.32 Å². The number of amides is 1. The summed E-state index contributed by atoms with van der Waals surface area (Å²) in [6.45, 7) is 3.67. The van der Waals surface area contributed by atoms with E-state index in [0.717, 1.165) is 30.6 Å². The van der Waals surface area contributed by atoms with E-state index < -0.39 is 11.9 Å². The van der Waals surface area contributed by atoms with Gasteiger partial charge in [-0.05, 0) is 75.7 Å². The Labute approximate surface area is 169 Å². The number of hydrogen-bond acceptors (Lipinski definition) is 6. The Kier molecular flexibility index (Phi) is 4.98. The molecule has 4 aliphatic rings. The summed E-state index contributed by atoms with van der Waals surface area (Å²) in [7, 11) is 1.30. The third kappa shape index (κ3) is 3.13. The molecule has 5 rings (SSSR count). The first-order valence-corrected chi connectivity index (χ1v) is 10.9. The molecule has 1 amide bonds. The van der Waals surface area contributed by atoms with Gasteiger partial charge in [-0.2, -0.15) is 0 Å². The Morgan fingerprint density at radius 3 is 2.14 bits per heavy atom. The second-order valence-corrected chi connectivity index (χ2v) is 9.64. The number of hydrogen-bond donors (Lipinski definition) is 1. The molecule has 4 aliphatic carbocycles. The van der Waals surface area contributed by atoms with Crippen LogP contribution in [0.3, 0.4) is 0 Å². The highest BCUT2D eigenvalue weighted by atomic mass is 32.1. The van der Waals surface area contributed by atoms with Crippen molar-refractivity contribution in [3.05, 3.63) is 16.0 Å². The number of carbonyl (C=O) groups excluding carboxylic acids is 3. The fourth-order valence-corrected chi connectivity index (χ4v) is 7.05. The quantitative estimate of drug-likeness (QED) is 0.744. The topological polar surface area (TPSA) is 81.7 Å². The van der Waals surface area contributed by atoms with Gasteiger partial charge in [-0.25, -0.2) is 9.59 Å². The molecule has 152 valence electrons. The highest BCUT2D eigenvalue weighted by Crippen LogP contribution is 2.60. The number of carbonyl (C=O) groups is 3. The molecule has 1 N–H and O–H groups in total. The van der Waals surface area contributed by atoms with Gasteiger partial charge in [0.15, 0.2) is 0 Å². The van der Waals surface area contributed by atoms with Gasteiger partial charge in [-0.1, -0.05) is 0 Å². The van der Waals surface area contributed by atoms with Crippen molar-refractivity contribution in [3.8, 4) is 0 Å². The van der Waals surface area contributed by atoms with Crippen LogP contribution in [0.25, 0.3) is 0 Å². The molecule has 1 aromatic heterocycles. The lowest BCUT2D eigenvalue weighted by Crippen LogP contribution is -2.51. The van der Waals surface area contributed by atoms with Gasteiger partial charge in [0.25, 0.3) is 0 Å². The lowest BCUT2D eigenvalue weighted by atomic mass is 9.49. The van der Waals surface area contributed by atoms with Crippen molar-refractivity contribution in [2.24, 2.45) is 23.2 Å². The number of esters is 2. The molecule has 4 bridgehead atoms. The number of thiophene rings is 1. The van der Waals surface area contributed by atoms with Gasteiger partial charge in [0.2, 0.25) is 5.91 Å². The van der Waals surface area contributed by atoms with Crippen molar-refractivity contribution in [1.29, 1.82) is 0 Å². The molecule has 4 saturated carbocycles. The summed E-state index contributed by atoms with van der Waals surface area (Å²) in [5, 5.41) is 3.41. The predicted octanol–water partition coefficient (Wildman–Crippen LogP) is 4.17. The van der Waals surface area contributed by atoms with Crippen LogP contribution in [0.5, 0.6) is 0 Å². The zero-order valence-electron chi connectivity index (χ0n) is 16.6. The first-order chi connectivity index (χ1) is 13.4. The zero-order chi connectivity index (χ0) is 20.1. The fraction of sp³-hybridized carbons (Fsp3) is 0.667. The third-order valence-electron chi connectivity index (χ3n) is 6.74. The summed E-state index contributed by atoms with van der Waals surface area (Å²) in [5.41, 5.74) is 0.425. The lowest BCUT2D eigenvalue weighted by molar-refractivity contribution is -0.140. The zero-order valence-corrected chi connectivity index (χ0v) is 17.4. The molecular weight excluding hydrogens is 378 g/mol. The average molecular weight is 406 g/mol. The first-order valence-electron chi connectivity index (χ1n) is 10.1. The SMILES string of the molecule is CCOC(=O)c1sc(NC(=O)C23CC4CC(CC(C4)C2)C3)c(C(=O)OC)c1C. The molecule has 0 saturated heterocycles.